The first-order chi connectivity index (χ1) is 8.24. The van der Waals surface area contributed by atoms with Gasteiger partial charge in [-0.3, -0.25) is 0 Å². The molecule has 104 valence electrons. The van der Waals surface area contributed by atoms with Crippen molar-refractivity contribution in [3.8, 4) is 0 Å². The van der Waals surface area contributed by atoms with Crippen molar-refractivity contribution >= 4 is 9.28 Å². The van der Waals surface area contributed by atoms with Crippen LogP contribution in [0.5, 0.6) is 0 Å². The third-order valence-electron chi connectivity index (χ3n) is 2.91. The van der Waals surface area contributed by atoms with Gasteiger partial charge < -0.3 is 19.9 Å². The highest BCUT2D eigenvalue weighted by atomic mass is 28.3. The zero-order chi connectivity index (χ0) is 12.9. The minimum absolute atomic E-state index is 0.224. The maximum absolute atomic E-state index is 6.02. The fourth-order valence-electron chi connectivity index (χ4n) is 1.75. The van der Waals surface area contributed by atoms with Gasteiger partial charge in [-0.25, -0.2) is 0 Å². The Balaban J connectivity index is 3.30. The summed E-state index contributed by atoms with van der Waals surface area (Å²) in [7, 11) is 2.03. The van der Waals surface area contributed by atoms with Crippen LogP contribution in [0.15, 0.2) is 0 Å². The molecule has 4 nitrogen and oxygen atoms in total. The quantitative estimate of drug-likeness (QED) is 0.412. The molecule has 0 aliphatic rings. The summed E-state index contributed by atoms with van der Waals surface area (Å²) in [6.07, 6.45) is 6.19. The summed E-state index contributed by atoms with van der Waals surface area (Å²) in [6.45, 7) is 4.22. The minimum Gasteiger partial charge on any atom is -0.400 e. The Morgan fingerprint density at radius 2 is 1.88 bits per heavy atom. The molecule has 0 aliphatic heterocycles. The largest absolute Gasteiger partial charge is 0.400 e. The van der Waals surface area contributed by atoms with Crippen LogP contribution in [0.4, 0.5) is 0 Å². The first-order valence-corrected chi connectivity index (χ1v) is 8.52. The van der Waals surface area contributed by atoms with Crippen LogP contribution < -0.4 is 11.1 Å². The molecular weight excluding hydrogens is 232 g/mol. The molecule has 0 amide bonds. The molecule has 0 rings (SSSR count). The molecule has 3 N–H and O–H groups in total. The predicted octanol–water partition coefficient (Wildman–Crippen LogP) is 1.39. The van der Waals surface area contributed by atoms with Gasteiger partial charge in [0, 0.05) is 26.8 Å². The Morgan fingerprint density at radius 1 is 1.18 bits per heavy atom. The minimum atomic E-state index is -1.41. The third kappa shape index (κ3) is 10.9. The molecule has 0 fully saturated rings. The van der Waals surface area contributed by atoms with Crippen LogP contribution in [0, 0.1) is 0 Å². The second-order valence-electron chi connectivity index (χ2n) is 4.50. The molecule has 0 aromatic heterocycles. The van der Waals surface area contributed by atoms with E-state index >= 15 is 0 Å². The molecule has 0 radical (unpaired) electrons. The van der Waals surface area contributed by atoms with E-state index in [0.29, 0.717) is 0 Å². The molecular formula is C12H30N2O2Si. The summed E-state index contributed by atoms with van der Waals surface area (Å²) in [5.74, 6) is 0. The van der Waals surface area contributed by atoms with Crippen LogP contribution in [0.3, 0.4) is 0 Å². The Morgan fingerprint density at radius 3 is 2.47 bits per heavy atom. The number of unbranched alkanes of at least 4 members (excludes halogenated alkanes) is 3. The fraction of sp³-hybridized carbons (Fsp3) is 1.00. The summed E-state index contributed by atoms with van der Waals surface area (Å²) in [5.41, 5.74) is 6.02. The van der Waals surface area contributed by atoms with Gasteiger partial charge >= 0.3 is 9.28 Å². The highest BCUT2D eigenvalue weighted by molar-refractivity contribution is 6.44. The van der Waals surface area contributed by atoms with E-state index in [-0.39, 0.29) is 6.04 Å². The van der Waals surface area contributed by atoms with E-state index < -0.39 is 9.28 Å². The maximum Gasteiger partial charge on any atom is 0.320 e. The normalized spacial score (nSPS) is 13.2. The monoisotopic (exact) mass is 262 g/mol. The van der Waals surface area contributed by atoms with Crippen LogP contribution in [0.1, 0.15) is 39.0 Å². The Kier molecular flexibility index (Phi) is 12.6. The Bertz CT molecular complexity index is 157. The van der Waals surface area contributed by atoms with Gasteiger partial charge in [0.2, 0.25) is 0 Å². The summed E-state index contributed by atoms with van der Waals surface area (Å²) in [5, 5.41) is 3.41. The van der Waals surface area contributed by atoms with Crippen molar-refractivity contribution in [2.24, 2.45) is 5.73 Å². The Hall–Kier alpha value is 0.0569. The first-order valence-electron chi connectivity index (χ1n) is 6.76. The van der Waals surface area contributed by atoms with E-state index in [0.717, 1.165) is 25.6 Å². The van der Waals surface area contributed by atoms with Crippen molar-refractivity contribution in [2.45, 2.75) is 51.1 Å². The smallest absolute Gasteiger partial charge is 0.320 e. The highest BCUT2D eigenvalue weighted by Crippen LogP contribution is 2.02. The summed E-state index contributed by atoms with van der Waals surface area (Å²) in [4.78, 5) is 0. The lowest BCUT2D eigenvalue weighted by Gasteiger charge is -2.15. The molecule has 0 spiro atoms. The lowest BCUT2D eigenvalue weighted by molar-refractivity contribution is 0.275. The summed E-state index contributed by atoms with van der Waals surface area (Å²) < 4.78 is 10.5. The van der Waals surface area contributed by atoms with Crippen LogP contribution >= 0.6 is 0 Å². The van der Waals surface area contributed by atoms with E-state index in [1.807, 2.05) is 0 Å². The van der Waals surface area contributed by atoms with Crippen molar-refractivity contribution in [1.29, 1.82) is 0 Å². The van der Waals surface area contributed by atoms with Gasteiger partial charge in [0.1, 0.15) is 0 Å². The predicted molar refractivity (Wildman–Crippen MR) is 75.6 cm³/mol. The molecule has 5 heteroatoms. The second-order valence-corrected chi connectivity index (χ2v) is 6.88. The average molecular weight is 262 g/mol. The van der Waals surface area contributed by atoms with Crippen molar-refractivity contribution < 1.29 is 8.85 Å². The van der Waals surface area contributed by atoms with E-state index in [9.17, 15) is 0 Å². The number of rotatable bonds is 12. The molecule has 0 bridgehead atoms. The highest BCUT2D eigenvalue weighted by Gasteiger charge is 2.11. The van der Waals surface area contributed by atoms with Crippen LogP contribution in [-0.4, -0.2) is 42.6 Å². The Labute approximate surface area is 108 Å². The van der Waals surface area contributed by atoms with Crippen LogP contribution in [0.25, 0.3) is 0 Å². The van der Waals surface area contributed by atoms with Gasteiger partial charge in [-0.05, 0) is 25.4 Å². The lowest BCUT2D eigenvalue weighted by Crippen LogP contribution is -2.35. The van der Waals surface area contributed by atoms with Gasteiger partial charge in [0.05, 0.1) is 0 Å². The number of hydrogen-bond donors (Lipinski definition) is 2. The molecule has 17 heavy (non-hydrogen) atoms. The van der Waals surface area contributed by atoms with Crippen molar-refractivity contribution in [2.75, 3.05) is 27.3 Å². The van der Waals surface area contributed by atoms with E-state index in [1.165, 1.54) is 25.7 Å². The molecule has 0 aliphatic carbocycles. The zero-order valence-corrected chi connectivity index (χ0v) is 12.9. The second kappa shape index (κ2) is 12.5. The summed E-state index contributed by atoms with van der Waals surface area (Å²) in [6, 6.07) is 1.22. The molecule has 1 atom stereocenters. The standard InChI is InChI=1S/C12H30N2O2Si/c1-4-5-6-7-9-14-11-12(13)8-10-17(15-2)16-3/h12,14,17H,4-11,13H2,1-3H3. The van der Waals surface area contributed by atoms with Crippen molar-refractivity contribution in [3.05, 3.63) is 0 Å². The fourth-order valence-corrected chi connectivity index (χ4v) is 3.11. The van der Waals surface area contributed by atoms with Crippen LogP contribution in [-0.2, 0) is 8.85 Å². The maximum atomic E-state index is 6.02. The van der Waals surface area contributed by atoms with E-state index in [1.54, 1.807) is 14.2 Å². The average Bonchev–Trinajstić information content (AvgIpc) is 2.35. The molecule has 0 saturated heterocycles. The molecule has 0 aromatic rings. The van der Waals surface area contributed by atoms with Gasteiger partial charge in [-0.15, -0.1) is 0 Å². The zero-order valence-electron chi connectivity index (χ0n) is 11.7. The topological polar surface area (TPSA) is 56.5 Å². The van der Waals surface area contributed by atoms with E-state index in [4.69, 9.17) is 14.6 Å². The SMILES string of the molecule is CCCCCCNCC(N)CC[SiH](OC)OC. The molecule has 0 heterocycles. The van der Waals surface area contributed by atoms with Crippen molar-refractivity contribution in [3.63, 3.8) is 0 Å². The molecule has 0 saturated carbocycles. The van der Waals surface area contributed by atoms with Crippen molar-refractivity contribution in [1.82, 2.24) is 5.32 Å². The lowest BCUT2D eigenvalue weighted by atomic mass is 10.2. The number of nitrogens with two attached hydrogens (primary N) is 1. The number of nitrogens with one attached hydrogen (secondary N) is 1. The van der Waals surface area contributed by atoms with Gasteiger partial charge in [0.25, 0.3) is 0 Å². The first kappa shape index (κ1) is 17.1. The van der Waals surface area contributed by atoms with Gasteiger partial charge in [-0.1, -0.05) is 26.2 Å². The van der Waals surface area contributed by atoms with Gasteiger partial charge in [0.15, 0.2) is 0 Å². The molecule has 1 unspecified atom stereocenters. The van der Waals surface area contributed by atoms with Crippen LogP contribution in [0.2, 0.25) is 6.04 Å². The third-order valence-corrected chi connectivity index (χ3v) is 4.77. The van der Waals surface area contributed by atoms with E-state index in [2.05, 4.69) is 12.2 Å². The number of hydrogen-bond acceptors (Lipinski definition) is 4. The summed E-state index contributed by atoms with van der Waals surface area (Å²) >= 11 is 0. The molecule has 0 aromatic carbocycles. The van der Waals surface area contributed by atoms with Gasteiger partial charge in [-0.2, -0.15) is 0 Å².